The minimum absolute atomic E-state index is 0.0130. The van der Waals surface area contributed by atoms with E-state index in [-0.39, 0.29) is 16.8 Å². The van der Waals surface area contributed by atoms with Crippen LogP contribution >= 0.6 is 0 Å². The van der Waals surface area contributed by atoms with Crippen molar-refractivity contribution >= 4 is 15.8 Å². The third-order valence-electron chi connectivity index (χ3n) is 2.24. The fraction of sp³-hybridized carbons (Fsp3) is 0.700. The zero-order valence-electron chi connectivity index (χ0n) is 10.6. The third kappa shape index (κ3) is 4.63. The molecule has 18 heavy (non-hydrogen) atoms. The highest BCUT2D eigenvalue weighted by Gasteiger charge is 2.18. The molecular weight excluding hydrogens is 256 g/mol. The smallest absolute Gasteiger partial charge is 0.245 e. The average Bonchev–Trinajstić information content (AvgIpc) is 2.70. The zero-order valence-corrected chi connectivity index (χ0v) is 11.5. The largest absolute Gasteiger partial charge is 0.383 e. The van der Waals surface area contributed by atoms with Gasteiger partial charge in [0.25, 0.3) is 0 Å². The summed E-state index contributed by atoms with van der Waals surface area (Å²) in [7, 11) is -3.56. The van der Waals surface area contributed by atoms with Gasteiger partial charge in [-0.1, -0.05) is 0 Å². The van der Waals surface area contributed by atoms with Crippen molar-refractivity contribution < 1.29 is 13.2 Å². The number of hydrogen-bond donors (Lipinski definition) is 3. The summed E-state index contributed by atoms with van der Waals surface area (Å²) in [4.78, 5) is -0.0130. The molecule has 1 aromatic rings. The molecule has 4 N–H and O–H groups in total. The minimum atomic E-state index is -3.56. The van der Waals surface area contributed by atoms with Crippen molar-refractivity contribution in [2.45, 2.75) is 37.7 Å². The monoisotopic (exact) mass is 276 g/mol. The van der Waals surface area contributed by atoms with Crippen LogP contribution in [-0.2, 0) is 14.8 Å². The van der Waals surface area contributed by atoms with E-state index in [1.807, 2.05) is 13.8 Å². The van der Waals surface area contributed by atoms with Crippen molar-refractivity contribution in [3.05, 3.63) is 6.20 Å². The summed E-state index contributed by atoms with van der Waals surface area (Å²) in [6.45, 7) is 4.91. The summed E-state index contributed by atoms with van der Waals surface area (Å²) in [6, 6.07) is 0. The second-order valence-corrected chi connectivity index (χ2v) is 5.91. The molecule has 0 fully saturated rings. The van der Waals surface area contributed by atoms with Crippen LogP contribution in [0.2, 0.25) is 0 Å². The molecule has 0 bridgehead atoms. The molecule has 0 radical (unpaired) electrons. The minimum Gasteiger partial charge on any atom is -0.383 e. The van der Waals surface area contributed by atoms with Crippen LogP contribution in [0.4, 0.5) is 5.82 Å². The fourth-order valence-corrected chi connectivity index (χ4v) is 2.42. The molecule has 0 saturated carbocycles. The van der Waals surface area contributed by atoms with Crippen LogP contribution in [0.25, 0.3) is 0 Å². The average molecular weight is 276 g/mol. The Labute approximate surface area is 107 Å². The third-order valence-corrected chi connectivity index (χ3v) is 3.72. The van der Waals surface area contributed by atoms with E-state index < -0.39 is 10.0 Å². The molecule has 0 unspecified atom stereocenters. The first-order valence-corrected chi connectivity index (χ1v) is 7.32. The Morgan fingerprint density at radius 2 is 2.22 bits per heavy atom. The van der Waals surface area contributed by atoms with Crippen LogP contribution in [0.15, 0.2) is 11.1 Å². The number of anilines is 1. The van der Waals surface area contributed by atoms with Gasteiger partial charge < -0.3 is 10.5 Å². The second kappa shape index (κ2) is 6.72. The van der Waals surface area contributed by atoms with Crippen LogP contribution in [0.3, 0.4) is 0 Å². The molecule has 1 aromatic heterocycles. The molecule has 1 rings (SSSR count). The Morgan fingerprint density at radius 1 is 1.50 bits per heavy atom. The van der Waals surface area contributed by atoms with E-state index in [2.05, 4.69) is 14.9 Å². The lowest BCUT2D eigenvalue weighted by molar-refractivity contribution is 0.0762. The van der Waals surface area contributed by atoms with Gasteiger partial charge in [-0.25, -0.2) is 13.1 Å². The quantitative estimate of drug-likeness (QED) is 0.598. The lowest BCUT2D eigenvalue weighted by atomic mass is 10.3. The molecule has 0 amide bonds. The van der Waals surface area contributed by atoms with Crippen molar-refractivity contribution in [3.63, 3.8) is 0 Å². The molecule has 0 aliphatic heterocycles. The molecule has 0 saturated heterocycles. The number of nitrogens with one attached hydrogen (secondary N) is 2. The maximum atomic E-state index is 11.8. The number of rotatable bonds is 8. The summed E-state index contributed by atoms with van der Waals surface area (Å²) in [5, 5.41) is 5.96. The first-order valence-electron chi connectivity index (χ1n) is 5.83. The number of sulfonamides is 1. The lowest BCUT2D eigenvalue weighted by Gasteiger charge is -2.08. The summed E-state index contributed by atoms with van der Waals surface area (Å²) in [6.07, 6.45) is 2.91. The number of hydrogen-bond acceptors (Lipinski definition) is 5. The first kappa shape index (κ1) is 14.9. The Morgan fingerprint density at radius 3 is 2.78 bits per heavy atom. The van der Waals surface area contributed by atoms with Crippen LogP contribution in [0, 0.1) is 0 Å². The van der Waals surface area contributed by atoms with Crippen LogP contribution < -0.4 is 10.5 Å². The van der Waals surface area contributed by atoms with Crippen LogP contribution in [0.1, 0.15) is 26.7 Å². The van der Waals surface area contributed by atoms with E-state index in [1.165, 1.54) is 6.20 Å². The Bertz CT molecular complexity index is 455. The molecular formula is C10H20N4O3S. The first-order chi connectivity index (χ1) is 8.43. The van der Waals surface area contributed by atoms with Gasteiger partial charge in [0.2, 0.25) is 10.0 Å². The molecule has 0 aromatic carbocycles. The molecule has 1 heterocycles. The SMILES string of the molecule is CC(C)OCCCCNS(=O)(=O)c1cn[nH]c1N. The van der Waals surface area contributed by atoms with Crippen molar-refractivity contribution in [1.82, 2.24) is 14.9 Å². The topological polar surface area (TPSA) is 110 Å². The van der Waals surface area contributed by atoms with Gasteiger partial charge in [0.05, 0.1) is 12.3 Å². The number of nitrogen functional groups attached to an aromatic ring is 1. The van der Waals surface area contributed by atoms with Gasteiger partial charge in [-0.3, -0.25) is 5.10 Å². The van der Waals surface area contributed by atoms with Crippen molar-refractivity contribution in [2.24, 2.45) is 0 Å². The number of H-pyrrole nitrogens is 1. The lowest BCUT2D eigenvalue weighted by Crippen LogP contribution is -2.25. The van der Waals surface area contributed by atoms with Crippen LogP contribution in [-0.4, -0.2) is 37.9 Å². The maximum Gasteiger partial charge on any atom is 0.245 e. The highest BCUT2D eigenvalue weighted by molar-refractivity contribution is 7.89. The molecule has 0 spiro atoms. The van der Waals surface area contributed by atoms with Gasteiger partial charge in [-0.05, 0) is 26.7 Å². The van der Waals surface area contributed by atoms with Gasteiger partial charge in [-0.2, -0.15) is 5.10 Å². The predicted octanol–water partition coefficient (Wildman–Crippen LogP) is 0.475. The number of nitrogens with two attached hydrogens (primary N) is 1. The van der Waals surface area contributed by atoms with Crippen molar-refractivity contribution in [3.8, 4) is 0 Å². The number of aromatic amines is 1. The van der Waals surface area contributed by atoms with E-state index in [4.69, 9.17) is 10.5 Å². The van der Waals surface area contributed by atoms with Gasteiger partial charge >= 0.3 is 0 Å². The van der Waals surface area contributed by atoms with Crippen molar-refractivity contribution in [1.29, 1.82) is 0 Å². The van der Waals surface area contributed by atoms with E-state index >= 15 is 0 Å². The fourth-order valence-electron chi connectivity index (χ4n) is 1.33. The van der Waals surface area contributed by atoms with E-state index in [0.29, 0.717) is 19.6 Å². The summed E-state index contributed by atoms with van der Waals surface area (Å²) in [5.74, 6) is 0.0469. The van der Waals surface area contributed by atoms with E-state index in [0.717, 1.165) is 6.42 Å². The molecule has 7 nitrogen and oxygen atoms in total. The van der Waals surface area contributed by atoms with E-state index in [1.54, 1.807) is 0 Å². The van der Waals surface area contributed by atoms with Crippen molar-refractivity contribution in [2.75, 3.05) is 18.9 Å². The molecule has 0 atom stereocenters. The van der Waals surface area contributed by atoms with Gasteiger partial charge in [-0.15, -0.1) is 0 Å². The van der Waals surface area contributed by atoms with Gasteiger partial charge in [0, 0.05) is 13.2 Å². The molecule has 8 heteroatoms. The summed E-state index contributed by atoms with van der Waals surface area (Å²) >= 11 is 0. The number of aromatic nitrogens is 2. The van der Waals surface area contributed by atoms with Gasteiger partial charge in [0.1, 0.15) is 10.7 Å². The molecule has 104 valence electrons. The normalized spacial score (nSPS) is 12.2. The summed E-state index contributed by atoms with van der Waals surface area (Å²) in [5.41, 5.74) is 5.45. The second-order valence-electron chi connectivity index (χ2n) is 4.17. The Balaban J connectivity index is 2.29. The summed E-state index contributed by atoms with van der Waals surface area (Å²) < 4.78 is 31.4. The maximum absolute atomic E-state index is 11.8. The van der Waals surface area contributed by atoms with E-state index in [9.17, 15) is 8.42 Å². The molecule has 0 aliphatic rings. The Kier molecular flexibility index (Phi) is 5.57. The zero-order chi connectivity index (χ0) is 13.6. The van der Waals surface area contributed by atoms with Gasteiger partial charge in [0.15, 0.2) is 0 Å². The Hall–Kier alpha value is -1.12. The predicted molar refractivity (Wildman–Crippen MR) is 68.5 cm³/mol. The number of nitrogens with zero attached hydrogens (tertiary/aromatic N) is 1. The van der Waals surface area contributed by atoms with Crippen LogP contribution in [0.5, 0.6) is 0 Å². The molecule has 0 aliphatic carbocycles. The highest BCUT2D eigenvalue weighted by atomic mass is 32.2. The number of unbranched alkanes of at least 4 members (excludes halogenated alkanes) is 1. The standard InChI is InChI=1S/C10H20N4O3S/c1-8(2)17-6-4-3-5-13-18(15,16)9-7-12-14-10(9)11/h7-8,13H,3-6H2,1-2H3,(H3,11,12,14). The number of ether oxygens (including phenoxy) is 1. The highest BCUT2D eigenvalue weighted by Crippen LogP contribution is 2.13.